The topological polar surface area (TPSA) is 51.9 Å². The highest BCUT2D eigenvalue weighted by molar-refractivity contribution is 6.17. The normalized spacial score (nSPS) is 20.1. The largest absolute Gasteiger partial charge is 0.477 e. The Morgan fingerprint density at radius 2 is 2.07 bits per heavy atom. The molecule has 0 radical (unpaired) electrons. The molecule has 2 aliphatic rings. The van der Waals surface area contributed by atoms with E-state index in [-0.39, 0.29) is 11.9 Å². The second-order valence-corrected chi connectivity index (χ2v) is 7.57. The summed E-state index contributed by atoms with van der Waals surface area (Å²) in [7, 11) is 0. The van der Waals surface area contributed by atoms with Crippen molar-refractivity contribution in [3.8, 4) is 5.75 Å². The molecule has 0 saturated carbocycles. The smallest absolute Gasteiger partial charge is 0.163 e. The average Bonchev–Trinajstić information content (AvgIpc) is 3.29. The zero-order valence-corrected chi connectivity index (χ0v) is 15.7. The fourth-order valence-corrected chi connectivity index (χ4v) is 4.54. The lowest BCUT2D eigenvalue weighted by molar-refractivity contribution is 0.0291. The van der Waals surface area contributed by atoms with Crippen LogP contribution in [0.2, 0.25) is 0 Å². The first kappa shape index (κ1) is 16.8. The number of furan rings is 1. The van der Waals surface area contributed by atoms with Crippen molar-refractivity contribution in [3.63, 3.8) is 0 Å². The van der Waals surface area contributed by atoms with Crippen LogP contribution in [0.25, 0.3) is 21.7 Å². The van der Waals surface area contributed by atoms with Gasteiger partial charge in [0.1, 0.15) is 23.8 Å². The van der Waals surface area contributed by atoms with E-state index >= 15 is 0 Å². The van der Waals surface area contributed by atoms with Crippen molar-refractivity contribution in [3.05, 3.63) is 41.2 Å². The van der Waals surface area contributed by atoms with Gasteiger partial charge in [-0.25, -0.2) is 0 Å². The van der Waals surface area contributed by atoms with Crippen molar-refractivity contribution in [2.45, 2.75) is 39.3 Å². The van der Waals surface area contributed by atoms with E-state index in [1.165, 1.54) is 0 Å². The van der Waals surface area contributed by atoms with Crippen LogP contribution < -0.4 is 4.74 Å². The summed E-state index contributed by atoms with van der Waals surface area (Å²) in [6.45, 7) is 6.43. The maximum Gasteiger partial charge on any atom is 0.163 e. The number of carbonyl (C=O) groups excluding carboxylic acids is 1. The fraction of sp³-hybridized carbons (Fsp3) is 0.409. The maximum absolute atomic E-state index is 12.4. The molecule has 1 aromatic heterocycles. The minimum absolute atomic E-state index is 0.0278. The summed E-state index contributed by atoms with van der Waals surface area (Å²) < 4.78 is 18.1. The van der Waals surface area contributed by atoms with E-state index in [1.807, 2.05) is 25.1 Å². The molecule has 0 amide bonds. The zero-order chi connectivity index (χ0) is 18.5. The van der Waals surface area contributed by atoms with Gasteiger partial charge in [0.05, 0.1) is 11.7 Å². The molecule has 5 rings (SSSR count). The predicted molar refractivity (Wildman–Crippen MR) is 103 cm³/mol. The van der Waals surface area contributed by atoms with E-state index in [1.54, 1.807) is 6.92 Å². The lowest BCUT2D eigenvalue weighted by Crippen LogP contribution is -2.37. The van der Waals surface area contributed by atoms with Crippen LogP contribution in [0.4, 0.5) is 0 Å². The molecule has 2 aliphatic heterocycles. The molecule has 0 aliphatic carbocycles. The van der Waals surface area contributed by atoms with E-state index in [4.69, 9.17) is 13.9 Å². The van der Waals surface area contributed by atoms with E-state index in [0.29, 0.717) is 18.1 Å². The van der Waals surface area contributed by atoms with E-state index in [2.05, 4.69) is 11.0 Å². The first-order chi connectivity index (χ1) is 13.1. The number of aryl methyl sites for hydroxylation is 1. The minimum Gasteiger partial charge on any atom is -0.477 e. The number of hydrogen-bond acceptors (Lipinski definition) is 5. The number of carbonyl (C=O) groups is 1. The Hall–Kier alpha value is -2.37. The third kappa shape index (κ3) is 2.65. The Bertz CT molecular complexity index is 1050. The van der Waals surface area contributed by atoms with Crippen LogP contribution in [0.5, 0.6) is 5.75 Å². The molecule has 0 spiro atoms. The molecular formula is C22H23NO4. The van der Waals surface area contributed by atoms with Crippen LogP contribution in [-0.2, 0) is 11.3 Å². The molecule has 1 atom stereocenters. The molecule has 1 fully saturated rings. The van der Waals surface area contributed by atoms with Crippen LogP contribution in [0.1, 0.15) is 41.4 Å². The van der Waals surface area contributed by atoms with Crippen molar-refractivity contribution in [2.75, 3.05) is 19.9 Å². The number of ketones is 1. The number of nitrogens with zero attached hydrogens (tertiary/aromatic N) is 1. The van der Waals surface area contributed by atoms with Crippen LogP contribution in [0.15, 0.2) is 28.7 Å². The quantitative estimate of drug-likeness (QED) is 0.643. The van der Waals surface area contributed by atoms with Gasteiger partial charge in [0.15, 0.2) is 5.78 Å². The van der Waals surface area contributed by atoms with Crippen LogP contribution in [0.3, 0.4) is 0 Å². The number of ether oxygens (including phenoxy) is 2. The lowest BCUT2D eigenvalue weighted by Gasteiger charge is -2.31. The van der Waals surface area contributed by atoms with Gasteiger partial charge < -0.3 is 13.9 Å². The third-order valence-corrected chi connectivity index (χ3v) is 5.69. The molecule has 27 heavy (non-hydrogen) atoms. The number of hydrogen-bond donors (Lipinski definition) is 0. The Morgan fingerprint density at radius 3 is 2.81 bits per heavy atom. The summed E-state index contributed by atoms with van der Waals surface area (Å²) in [4.78, 5) is 14.7. The molecule has 0 bridgehead atoms. The fourth-order valence-electron chi connectivity index (χ4n) is 4.54. The van der Waals surface area contributed by atoms with E-state index in [9.17, 15) is 4.79 Å². The molecule has 3 heterocycles. The van der Waals surface area contributed by atoms with Gasteiger partial charge in [0, 0.05) is 41.4 Å². The molecule has 0 N–H and O–H groups in total. The Labute approximate surface area is 157 Å². The first-order valence-electron chi connectivity index (χ1n) is 9.58. The predicted octanol–water partition coefficient (Wildman–Crippen LogP) is 4.43. The van der Waals surface area contributed by atoms with Crippen molar-refractivity contribution < 1.29 is 18.7 Å². The first-order valence-corrected chi connectivity index (χ1v) is 9.58. The van der Waals surface area contributed by atoms with Gasteiger partial charge in [-0.2, -0.15) is 0 Å². The maximum atomic E-state index is 12.4. The summed E-state index contributed by atoms with van der Waals surface area (Å²) in [6.07, 6.45) is 2.49. The summed E-state index contributed by atoms with van der Waals surface area (Å²) in [5.41, 5.74) is 2.51. The van der Waals surface area contributed by atoms with Gasteiger partial charge >= 0.3 is 0 Å². The van der Waals surface area contributed by atoms with Crippen LogP contribution in [-0.4, -0.2) is 36.7 Å². The average molecular weight is 365 g/mol. The van der Waals surface area contributed by atoms with Crippen molar-refractivity contribution in [2.24, 2.45) is 0 Å². The van der Waals surface area contributed by atoms with Crippen molar-refractivity contribution >= 4 is 27.5 Å². The van der Waals surface area contributed by atoms with Crippen LogP contribution >= 0.6 is 0 Å². The Balaban J connectivity index is 1.70. The highest BCUT2D eigenvalue weighted by atomic mass is 16.5. The van der Waals surface area contributed by atoms with Gasteiger partial charge in [-0.1, -0.05) is 24.3 Å². The summed E-state index contributed by atoms with van der Waals surface area (Å²) in [5.74, 6) is 1.58. The summed E-state index contributed by atoms with van der Waals surface area (Å²) in [5, 5.41) is 2.95. The number of Topliss-reactive ketones (excluding diaryl/α,β-unsaturated/α-hetero) is 1. The lowest BCUT2D eigenvalue weighted by atomic mass is 9.95. The van der Waals surface area contributed by atoms with Gasteiger partial charge in [-0.3, -0.25) is 9.69 Å². The second-order valence-electron chi connectivity index (χ2n) is 7.57. The molecular weight excluding hydrogens is 342 g/mol. The minimum atomic E-state index is 0.0278. The van der Waals surface area contributed by atoms with Gasteiger partial charge in [0.2, 0.25) is 0 Å². The molecule has 5 nitrogen and oxygen atoms in total. The standard InChI is InChI=1S/C22H23NO4/c1-13(24)19-14(2)27-22-17-8-4-3-7-16(17)21-18(20(19)22)11-23(12-26-21)10-15-6-5-9-25-15/h3-4,7-8,15H,5-6,9-12H2,1-2H3/t15-/m1/s1. The molecule has 3 aromatic rings. The molecule has 5 heteroatoms. The number of rotatable bonds is 3. The summed E-state index contributed by atoms with van der Waals surface area (Å²) >= 11 is 0. The van der Waals surface area contributed by atoms with E-state index < -0.39 is 0 Å². The molecule has 2 aromatic carbocycles. The van der Waals surface area contributed by atoms with Crippen LogP contribution in [0, 0.1) is 6.92 Å². The van der Waals surface area contributed by atoms with E-state index in [0.717, 1.165) is 65.6 Å². The van der Waals surface area contributed by atoms with Crippen molar-refractivity contribution in [1.29, 1.82) is 0 Å². The van der Waals surface area contributed by atoms with Crippen molar-refractivity contribution in [1.82, 2.24) is 4.90 Å². The summed E-state index contributed by atoms with van der Waals surface area (Å²) in [6, 6.07) is 8.10. The Morgan fingerprint density at radius 1 is 1.26 bits per heavy atom. The van der Waals surface area contributed by atoms with Gasteiger partial charge in [-0.05, 0) is 26.7 Å². The SMILES string of the molecule is CC(=O)c1c(C)oc2c1c1c(c3ccccc32)OCN(C[C@H]2CCCO2)C1. The number of fused-ring (bicyclic) bond motifs is 6. The molecule has 140 valence electrons. The van der Waals surface area contributed by atoms with Gasteiger partial charge in [0.25, 0.3) is 0 Å². The van der Waals surface area contributed by atoms with Gasteiger partial charge in [-0.15, -0.1) is 0 Å². The second kappa shape index (κ2) is 6.36. The highest BCUT2D eigenvalue weighted by Gasteiger charge is 2.30. The third-order valence-electron chi connectivity index (χ3n) is 5.69. The highest BCUT2D eigenvalue weighted by Crippen LogP contribution is 2.44. The zero-order valence-electron chi connectivity index (χ0n) is 15.7. The number of benzene rings is 2. The Kier molecular flexibility index (Phi) is 3.95. The monoisotopic (exact) mass is 365 g/mol. The molecule has 0 unspecified atom stereocenters. The molecule has 1 saturated heterocycles.